The molecule has 0 aliphatic heterocycles. The molecule has 0 heterocycles. The normalized spacial score (nSPS) is 15.2. The number of rotatable bonds is 4. The molecule has 1 aromatic carbocycles. The standard InChI is InChI=1S/C20H20/c1-3-5-11-17(4-2)19-14-10-15-20(16-19)18-12-8-6-7-9-13-18/h3-8,10-16H,2,9H2,1H3/b5-3-,17-11+. The molecule has 1 aliphatic rings. The van der Waals surface area contributed by atoms with E-state index in [1.807, 2.05) is 25.2 Å². The van der Waals surface area contributed by atoms with E-state index in [0.717, 1.165) is 12.0 Å². The first-order valence-electron chi connectivity index (χ1n) is 6.94. The van der Waals surface area contributed by atoms with E-state index in [1.54, 1.807) is 0 Å². The lowest BCUT2D eigenvalue weighted by molar-refractivity contribution is 1.40. The van der Waals surface area contributed by atoms with Crippen molar-refractivity contribution in [3.8, 4) is 0 Å². The van der Waals surface area contributed by atoms with E-state index in [9.17, 15) is 0 Å². The van der Waals surface area contributed by atoms with Crippen LogP contribution in [0.2, 0.25) is 0 Å². The van der Waals surface area contributed by atoms with Crippen LogP contribution in [0.4, 0.5) is 0 Å². The van der Waals surface area contributed by atoms with Crippen molar-refractivity contribution in [3.05, 3.63) is 96.7 Å². The zero-order valence-corrected chi connectivity index (χ0v) is 11.9. The third-order valence-electron chi connectivity index (χ3n) is 3.21. The molecule has 100 valence electrons. The van der Waals surface area contributed by atoms with Gasteiger partial charge in [-0.1, -0.05) is 79.5 Å². The summed E-state index contributed by atoms with van der Waals surface area (Å²) in [4.78, 5) is 0. The van der Waals surface area contributed by atoms with Crippen molar-refractivity contribution in [2.24, 2.45) is 0 Å². The minimum Gasteiger partial charge on any atom is -0.0984 e. The Kier molecular flexibility index (Phi) is 5.14. The molecule has 2 rings (SSSR count). The molecule has 0 N–H and O–H groups in total. The fraction of sp³-hybridized carbons (Fsp3) is 0.100. The van der Waals surface area contributed by atoms with Crippen molar-refractivity contribution in [2.75, 3.05) is 0 Å². The summed E-state index contributed by atoms with van der Waals surface area (Å²) >= 11 is 0. The molecule has 0 heteroatoms. The molecule has 0 radical (unpaired) electrons. The second-order valence-corrected chi connectivity index (χ2v) is 4.62. The van der Waals surface area contributed by atoms with E-state index >= 15 is 0 Å². The van der Waals surface area contributed by atoms with Gasteiger partial charge in [0.05, 0.1) is 0 Å². The second-order valence-electron chi connectivity index (χ2n) is 4.62. The number of benzene rings is 1. The Morgan fingerprint density at radius 1 is 1.25 bits per heavy atom. The number of hydrogen-bond acceptors (Lipinski definition) is 0. The van der Waals surface area contributed by atoms with Crippen LogP contribution >= 0.6 is 0 Å². The quantitative estimate of drug-likeness (QED) is 0.606. The van der Waals surface area contributed by atoms with Crippen molar-refractivity contribution in [2.45, 2.75) is 13.3 Å². The van der Waals surface area contributed by atoms with Gasteiger partial charge in [0.1, 0.15) is 0 Å². The minimum atomic E-state index is 0.981. The van der Waals surface area contributed by atoms with E-state index in [2.05, 4.69) is 67.3 Å². The zero-order chi connectivity index (χ0) is 14.2. The van der Waals surface area contributed by atoms with Crippen LogP contribution in [0.1, 0.15) is 24.5 Å². The van der Waals surface area contributed by atoms with Crippen molar-refractivity contribution >= 4 is 11.1 Å². The molecule has 0 aromatic heterocycles. The molecule has 0 unspecified atom stereocenters. The maximum atomic E-state index is 3.91. The number of allylic oxidation sites excluding steroid dienone is 11. The van der Waals surface area contributed by atoms with Crippen LogP contribution in [0.25, 0.3) is 11.1 Å². The molecule has 20 heavy (non-hydrogen) atoms. The average Bonchev–Trinajstić information content (AvgIpc) is 2.77. The molecule has 0 amide bonds. The summed E-state index contributed by atoms with van der Waals surface area (Å²) in [5.41, 5.74) is 4.85. The predicted octanol–water partition coefficient (Wildman–Crippen LogP) is 5.73. The fourth-order valence-electron chi connectivity index (χ4n) is 2.15. The van der Waals surface area contributed by atoms with Gasteiger partial charge < -0.3 is 0 Å². The van der Waals surface area contributed by atoms with Crippen LogP contribution in [0.3, 0.4) is 0 Å². The Morgan fingerprint density at radius 3 is 2.95 bits per heavy atom. The highest BCUT2D eigenvalue weighted by Crippen LogP contribution is 2.23. The SMILES string of the molecule is C=C/C(=C\C=C/C)c1cccc(C2=CCC=CC=C2)c1. The van der Waals surface area contributed by atoms with E-state index in [1.165, 1.54) is 16.7 Å². The molecule has 0 spiro atoms. The highest BCUT2D eigenvalue weighted by molar-refractivity contribution is 5.80. The summed E-state index contributed by atoms with van der Waals surface area (Å²) < 4.78 is 0. The van der Waals surface area contributed by atoms with Gasteiger partial charge in [0.2, 0.25) is 0 Å². The predicted molar refractivity (Wildman–Crippen MR) is 90.3 cm³/mol. The molecule has 1 aromatic rings. The van der Waals surface area contributed by atoms with Crippen molar-refractivity contribution in [1.82, 2.24) is 0 Å². The van der Waals surface area contributed by atoms with Crippen LogP contribution in [-0.4, -0.2) is 0 Å². The molecule has 0 saturated heterocycles. The van der Waals surface area contributed by atoms with Gasteiger partial charge in [-0.2, -0.15) is 0 Å². The molecule has 0 saturated carbocycles. The molecule has 0 atom stereocenters. The third kappa shape index (κ3) is 3.58. The second kappa shape index (κ2) is 7.30. The van der Waals surface area contributed by atoms with Crippen molar-refractivity contribution in [1.29, 1.82) is 0 Å². The number of hydrogen-bond donors (Lipinski definition) is 0. The molecular formula is C20H20. The Labute approximate surface area is 121 Å². The Bertz CT molecular complexity index is 619. The van der Waals surface area contributed by atoms with E-state index < -0.39 is 0 Å². The van der Waals surface area contributed by atoms with Crippen molar-refractivity contribution in [3.63, 3.8) is 0 Å². The Balaban J connectivity index is 2.37. The van der Waals surface area contributed by atoms with Crippen LogP contribution < -0.4 is 0 Å². The Morgan fingerprint density at radius 2 is 2.15 bits per heavy atom. The van der Waals surface area contributed by atoms with Gasteiger partial charge in [-0.25, -0.2) is 0 Å². The average molecular weight is 260 g/mol. The lowest BCUT2D eigenvalue weighted by atomic mass is 9.98. The van der Waals surface area contributed by atoms with Gasteiger partial charge in [-0.3, -0.25) is 0 Å². The fourth-order valence-corrected chi connectivity index (χ4v) is 2.15. The summed E-state index contributed by atoms with van der Waals surface area (Å²) in [6.07, 6.45) is 19.8. The first kappa shape index (κ1) is 14.1. The minimum absolute atomic E-state index is 0.981. The zero-order valence-electron chi connectivity index (χ0n) is 11.9. The van der Waals surface area contributed by atoms with Gasteiger partial charge in [0.15, 0.2) is 0 Å². The summed E-state index contributed by atoms with van der Waals surface area (Å²) in [7, 11) is 0. The molecule has 0 nitrogen and oxygen atoms in total. The maximum Gasteiger partial charge on any atom is -0.0157 e. The van der Waals surface area contributed by atoms with Crippen LogP contribution in [0.15, 0.2) is 85.5 Å². The van der Waals surface area contributed by atoms with Crippen molar-refractivity contribution < 1.29 is 0 Å². The monoisotopic (exact) mass is 260 g/mol. The largest absolute Gasteiger partial charge is 0.0984 e. The van der Waals surface area contributed by atoms with Gasteiger partial charge >= 0.3 is 0 Å². The first-order valence-corrected chi connectivity index (χ1v) is 6.94. The van der Waals surface area contributed by atoms with Gasteiger partial charge in [-0.15, -0.1) is 0 Å². The maximum absolute atomic E-state index is 3.91. The van der Waals surface area contributed by atoms with Crippen LogP contribution in [0, 0.1) is 0 Å². The van der Waals surface area contributed by atoms with Crippen LogP contribution in [-0.2, 0) is 0 Å². The van der Waals surface area contributed by atoms with Gasteiger partial charge in [-0.05, 0) is 41.7 Å². The first-order chi connectivity index (χ1) is 9.85. The summed E-state index contributed by atoms with van der Waals surface area (Å²) in [5, 5.41) is 0. The van der Waals surface area contributed by atoms with Crippen LogP contribution in [0.5, 0.6) is 0 Å². The van der Waals surface area contributed by atoms with E-state index in [4.69, 9.17) is 0 Å². The summed E-state index contributed by atoms with van der Waals surface area (Å²) in [6, 6.07) is 8.60. The van der Waals surface area contributed by atoms with Gasteiger partial charge in [0.25, 0.3) is 0 Å². The summed E-state index contributed by atoms with van der Waals surface area (Å²) in [5.74, 6) is 0. The molecule has 0 bridgehead atoms. The highest BCUT2D eigenvalue weighted by atomic mass is 14.1. The highest BCUT2D eigenvalue weighted by Gasteiger charge is 2.02. The lowest BCUT2D eigenvalue weighted by Crippen LogP contribution is -1.86. The third-order valence-corrected chi connectivity index (χ3v) is 3.21. The lowest BCUT2D eigenvalue weighted by Gasteiger charge is -2.07. The van der Waals surface area contributed by atoms with Gasteiger partial charge in [0, 0.05) is 0 Å². The molecule has 1 aliphatic carbocycles. The Hall–Kier alpha value is -2.34. The van der Waals surface area contributed by atoms with E-state index in [0.29, 0.717) is 0 Å². The molecular weight excluding hydrogens is 240 g/mol. The summed E-state index contributed by atoms with van der Waals surface area (Å²) in [6.45, 7) is 5.92. The molecule has 0 fully saturated rings. The topological polar surface area (TPSA) is 0 Å². The smallest absolute Gasteiger partial charge is 0.0157 e. The van der Waals surface area contributed by atoms with E-state index in [-0.39, 0.29) is 0 Å².